The number of hydrogen-bond acceptors (Lipinski definition) is 2. The molecule has 0 unspecified atom stereocenters. The molecular weight excluding hydrogens is 319 g/mol. The van der Waals surface area contributed by atoms with E-state index in [0.29, 0.717) is 15.6 Å². The van der Waals surface area contributed by atoms with Gasteiger partial charge in [0, 0.05) is 5.56 Å². The average molecular weight is 331 g/mol. The van der Waals surface area contributed by atoms with Crippen molar-refractivity contribution in [2.75, 3.05) is 7.11 Å². The minimum atomic E-state index is -0.367. The van der Waals surface area contributed by atoms with Gasteiger partial charge in [-0.2, -0.15) is 0 Å². The quantitative estimate of drug-likeness (QED) is 0.571. The number of methoxy groups -OCH3 is 1. The number of fused-ring (bicyclic) bond motifs is 1. The van der Waals surface area contributed by atoms with Gasteiger partial charge < -0.3 is 4.74 Å². The summed E-state index contributed by atoms with van der Waals surface area (Å²) >= 11 is 12.4. The lowest BCUT2D eigenvalue weighted by atomic mass is 9.96. The van der Waals surface area contributed by atoms with Gasteiger partial charge in [0.05, 0.1) is 22.7 Å². The van der Waals surface area contributed by atoms with Crippen LogP contribution in [0.4, 0.5) is 0 Å². The predicted octanol–water partition coefficient (Wildman–Crippen LogP) is 5.60. The molecule has 0 saturated heterocycles. The Morgan fingerprint density at radius 3 is 2.45 bits per heavy atom. The fraction of sp³-hybridized carbons (Fsp3) is 0.0556. The van der Waals surface area contributed by atoms with Crippen LogP contribution >= 0.6 is 23.2 Å². The predicted molar refractivity (Wildman–Crippen MR) is 90.7 cm³/mol. The first-order valence-electron chi connectivity index (χ1n) is 6.67. The molecule has 3 aromatic rings. The maximum atomic E-state index is 11.8. The molecule has 0 N–H and O–H groups in total. The molecule has 3 rings (SSSR count). The van der Waals surface area contributed by atoms with Crippen molar-refractivity contribution in [1.82, 2.24) is 0 Å². The standard InChI is InChI=1S/C18H12Cl2O2/c1-22-18(21)12-9-8-11-4-2-5-13(15(11)10-12)14-6-3-7-16(19)17(14)20/h2-10H,1H3. The minimum Gasteiger partial charge on any atom is -0.465 e. The van der Waals surface area contributed by atoms with Crippen molar-refractivity contribution in [1.29, 1.82) is 0 Å². The zero-order valence-corrected chi connectivity index (χ0v) is 13.3. The second-order valence-corrected chi connectivity index (χ2v) is 5.62. The van der Waals surface area contributed by atoms with Gasteiger partial charge in [-0.1, -0.05) is 59.6 Å². The highest BCUT2D eigenvalue weighted by Gasteiger charge is 2.12. The van der Waals surface area contributed by atoms with Crippen LogP contribution in [0.1, 0.15) is 10.4 Å². The number of hydrogen-bond donors (Lipinski definition) is 0. The molecule has 0 aromatic heterocycles. The Balaban J connectivity index is 2.29. The van der Waals surface area contributed by atoms with Gasteiger partial charge in [-0.15, -0.1) is 0 Å². The maximum Gasteiger partial charge on any atom is 0.337 e. The molecule has 0 spiro atoms. The lowest BCUT2D eigenvalue weighted by molar-refractivity contribution is 0.0601. The molecule has 2 nitrogen and oxygen atoms in total. The van der Waals surface area contributed by atoms with Crippen molar-refractivity contribution in [3.05, 3.63) is 70.2 Å². The largest absolute Gasteiger partial charge is 0.465 e. The topological polar surface area (TPSA) is 26.3 Å². The maximum absolute atomic E-state index is 11.8. The van der Waals surface area contributed by atoms with Crippen molar-refractivity contribution in [2.45, 2.75) is 0 Å². The number of carbonyl (C=O) groups excluding carboxylic acids is 1. The average Bonchev–Trinajstić information content (AvgIpc) is 2.55. The summed E-state index contributed by atoms with van der Waals surface area (Å²) in [7, 11) is 1.37. The third-order valence-electron chi connectivity index (χ3n) is 3.55. The fourth-order valence-electron chi connectivity index (χ4n) is 2.46. The molecule has 22 heavy (non-hydrogen) atoms. The summed E-state index contributed by atoms with van der Waals surface area (Å²) in [6, 6.07) is 16.9. The van der Waals surface area contributed by atoms with E-state index in [2.05, 4.69) is 0 Å². The molecule has 0 amide bonds. The van der Waals surface area contributed by atoms with Gasteiger partial charge >= 0.3 is 5.97 Å². The molecule has 0 radical (unpaired) electrons. The third kappa shape index (κ3) is 2.56. The Kier molecular flexibility index (Phi) is 4.06. The number of esters is 1. The summed E-state index contributed by atoms with van der Waals surface area (Å²) in [6.07, 6.45) is 0. The zero-order valence-electron chi connectivity index (χ0n) is 11.8. The molecule has 0 saturated carbocycles. The zero-order chi connectivity index (χ0) is 15.7. The van der Waals surface area contributed by atoms with Crippen molar-refractivity contribution in [3.8, 4) is 11.1 Å². The van der Waals surface area contributed by atoms with E-state index in [-0.39, 0.29) is 5.97 Å². The molecule has 3 aromatic carbocycles. The van der Waals surface area contributed by atoms with Crippen LogP contribution < -0.4 is 0 Å². The first kappa shape index (κ1) is 14.9. The second-order valence-electron chi connectivity index (χ2n) is 4.83. The van der Waals surface area contributed by atoms with Crippen LogP contribution in [0.5, 0.6) is 0 Å². The number of benzene rings is 3. The highest BCUT2D eigenvalue weighted by atomic mass is 35.5. The summed E-state index contributed by atoms with van der Waals surface area (Å²) in [5, 5.41) is 2.94. The van der Waals surface area contributed by atoms with Gasteiger partial charge in [0.2, 0.25) is 0 Å². The number of halogens is 2. The Morgan fingerprint density at radius 2 is 1.68 bits per heavy atom. The highest BCUT2D eigenvalue weighted by Crippen LogP contribution is 2.37. The molecule has 0 aliphatic rings. The van der Waals surface area contributed by atoms with Crippen molar-refractivity contribution < 1.29 is 9.53 Å². The first-order valence-corrected chi connectivity index (χ1v) is 7.43. The number of rotatable bonds is 2. The normalized spacial score (nSPS) is 10.7. The summed E-state index contributed by atoms with van der Waals surface area (Å²) in [5.41, 5.74) is 2.26. The van der Waals surface area contributed by atoms with Crippen molar-refractivity contribution in [3.63, 3.8) is 0 Å². The summed E-state index contributed by atoms with van der Waals surface area (Å²) in [4.78, 5) is 11.8. The van der Waals surface area contributed by atoms with E-state index in [1.807, 2.05) is 42.5 Å². The summed E-state index contributed by atoms with van der Waals surface area (Å²) in [6.45, 7) is 0. The molecule has 0 atom stereocenters. The van der Waals surface area contributed by atoms with Gasteiger partial charge in [-0.05, 0) is 34.5 Å². The Hall–Kier alpha value is -2.03. The second kappa shape index (κ2) is 5.99. The van der Waals surface area contributed by atoms with Gasteiger partial charge in [0.25, 0.3) is 0 Å². The SMILES string of the molecule is COC(=O)c1ccc2cccc(-c3cccc(Cl)c3Cl)c2c1. The summed E-state index contributed by atoms with van der Waals surface area (Å²) < 4.78 is 4.79. The Bertz CT molecular complexity index is 872. The van der Waals surface area contributed by atoms with Crippen LogP contribution in [0.3, 0.4) is 0 Å². The van der Waals surface area contributed by atoms with Gasteiger partial charge in [0.1, 0.15) is 0 Å². The van der Waals surface area contributed by atoms with E-state index in [1.165, 1.54) is 7.11 Å². The molecule has 0 aliphatic heterocycles. The molecule has 4 heteroatoms. The van der Waals surface area contributed by atoms with Gasteiger partial charge in [-0.25, -0.2) is 4.79 Å². The monoisotopic (exact) mass is 330 g/mol. The van der Waals surface area contributed by atoms with E-state index >= 15 is 0 Å². The van der Waals surface area contributed by atoms with E-state index < -0.39 is 0 Å². The van der Waals surface area contributed by atoms with E-state index in [9.17, 15) is 4.79 Å². The number of carbonyl (C=O) groups is 1. The van der Waals surface area contributed by atoms with Crippen molar-refractivity contribution in [2.24, 2.45) is 0 Å². The van der Waals surface area contributed by atoms with Gasteiger partial charge in [0.15, 0.2) is 0 Å². The summed E-state index contributed by atoms with van der Waals surface area (Å²) in [5.74, 6) is -0.367. The Morgan fingerprint density at radius 1 is 0.955 bits per heavy atom. The molecule has 0 aliphatic carbocycles. The lowest BCUT2D eigenvalue weighted by Crippen LogP contribution is -2.00. The van der Waals surface area contributed by atoms with Crippen LogP contribution in [0.2, 0.25) is 10.0 Å². The molecular formula is C18H12Cl2O2. The third-order valence-corrected chi connectivity index (χ3v) is 4.36. The van der Waals surface area contributed by atoms with Crippen LogP contribution in [0, 0.1) is 0 Å². The molecule has 0 bridgehead atoms. The Labute approximate surface area is 138 Å². The first-order chi connectivity index (χ1) is 10.6. The lowest BCUT2D eigenvalue weighted by Gasteiger charge is -2.11. The molecule has 110 valence electrons. The van der Waals surface area contributed by atoms with Crippen LogP contribution in [0.15, 0.2) is 54.6 Å². The van der Waals surface area contributed by atoms with E-state index in [0.717, 1.165) is 21.9 Å². The minimum absolute atomic E-state index is 0.367. The van der Waals surface area contributed by atoms with Gasteiger partial charge in [-0.3, -0.25) is 0 Å². The van der Waals surface area contributed by atoms with E-state index in [1.54, 1.807) is 12.1 Å². The smallest absolute Gasteiger partial charge is 0.337 e. The fourth-order valence-corrected chi connectivity index (χ4v) is 2.87. The van der Waals surface area contributed by atoms with E-state index in [4.69, 9.17) is 27.9 Å². The van der Waals surface area contributed by atoms with Crippen LogP contribution in [0.25, 0.3) is 21.9 Å². The number of ether oxygens (including phenoxy) is 1. The molecule has 0 heterocycles. The van der Waals surface area contributed by atoms with Crippen LogP contribution in [-0.4, -0.2) is 13.1 Å². The van der Waals surface area contributed by atoms with Crippen LogP contribution in [-0.2, 0) is 4.74 Å². The molecule has 0 fully saturated rings. The highest BCUT2D eigenvalue weighted by molar-refractivity contribution is 6.44. The van der Waals surface area contributed by atoms with Crippen molar-refractivity contribution >= 4 is 39.9 Å².